The molecular weight excluding hydrogens is 152 g/mol. The van der Waals surface area contributed by atoms with Gasteiger partial charge in [-0.2, -0.15) is 0 Å². The van der Waals surface area contributed by atoms with E-state index in [1.165, 1.54) is 0 Å². The lowest BCUT2D eigenvalue weighted by Gasteiger charge is -2.05. The van der Waals surface area contributed by atoms with Crippen LogP contribution in [0.1, 0.15) is 19.3 Å². The standard InChI is InChI=1S/C6H10O3S/c7-10(8)6(1-2-6)3-5-4-9-5/h5H,1-4H2,(H,7,8)/t5-/m0/s1. The number of ether oxygens (including phenoxy) is 1. The second-order valence-electron chi connectivity index (χ2n) is 3.09. The van der Waals surface area contributed by atoms with Gasteiger partial charge in [-0.1, -0.05) is 0 Å². The van der Waals surface area contributed by atoms with E-state index in [-0.39, 0.29) is 4.75 Å². The highest BCUT2D eigenvalue weighted by atomic mass is 32.2. The first kappa shape index (κ1) is 6.76. The van der Waals surface area contributed by atoms with E-state index in [0.717, 1.165) is 25.9 Å². The number of hydrogen-bond acceptors (Lipinski definition) is 2. The molecule has 1 unspecified atom stereocenters. The van der Waals surface area contributed by atoms with Crippen LogP contribution in [0.15, 0.2) is 0 Å². The van der Waals surface area contributed by atoms with Gasteiger partial charge in [-0.25, -0.2) is 4.21 Å². The van der Waals surface area contributed by atoms with Crippen LogP contribution in [0.5, 0.6) is 0 Å². The largest absolute Gasteiger partial charge is 0.373 e. The average Bonchev–Trinajstić information content (AvgIpc) is 2.65. The lowest BCUT2D eigenvalue weighted by molar-refractivity contribution is 0.387. The van der Waals surface area contributed by atoms with Crippen molar-refractivity contribution >= 4 is 11.1 Å². The maximum Gasteiger partial charge on any atom is 0.159 e. The topological polar surface area (TPSA) is 49.8 Å². The van der Waals surface area contributed by atoms with E-state index in [2.05, 4.69) is 0 Å². The Kier molecular flexibility index (Phi) is 1.37. The molecule has 1 N–H and O–H groups in total. The van der Waals surface area contributed by atoms with E-state index in [0.29, 0.717) is 6.10 Å². The minimum Gasteiger partial charge on any atom is -0.373 e. The van der Waals surface area contributed by atoms with Crippen LogP contribution >= 0.6 is 0 Å². The van der Waals surface area contributed by atoms with E-state index in [4.69, 9.17) is 9.29 Å². The summed E-state index contributed by atoms with van der Waals surface area (Å²) in [6.07, 6.45) is 2.88. The molecule has 0 aromatic rings. The molecule has 1 aliphatic heterocycles. The van der Waals surface area contributed by atoms with Gasteiger partial charge in [-0.05, 0) is 19.3 Å². The highest BCUT2D eigenvalue weighted by Crippen LogP contribution is 2.46. The quantitative estimate of drug-likeness (QED) is 0.486. The van der Waals surface area contributed by atoms with Crippen LogP contribution in [-0.4, -0.2) is 26.2 Å². The molecule has 0 radical (unpaired) electrons. The van der Waals surface area contributed by atoms with Crippen molar-refractivity contribution in [2.45, 2.75) is 30.1 Å². The van der Waals surface area contributed by atoms with Crippen molar-refractivity contribution in [1.82, 2.24) is 0 Å². The van der Waals surface area contributed by atoms with Gasteiger partial charge < -0.3 is 9.29 Å². The Hall–Kier alpha value is 0.0700. The molecule has 58 valence electrons. The zero-order chi connectivity index (χ0) is 7.19. The fraction of sp³-hybridized carbons (Fsp3) is 1.00. The summed E-state index contributed by atoms with van der Waals surface area (Å²) < 4.78 is 24.3. The molecule has 2 fully saturated rings. The first-order chi connectivity index (χ1) is 4.73. The maximum absolute atomic E-state index is 10.7. The smallest absolute Gasteiger partial charge is 0.159 e. The Morgan fingerprint density at radius 2 is 2.30 bits per heavy atom. The molecule has 1 heterocycles. The van der Waals surface area contributed by atoms with Gasteiger partial charge in [0.25, 0.3) is 0 Å². The Labute approximate surface area is 62.0 Å². The molecule has 2 aliphatic rings. The normalized spacial score (nSPS) is 37.1. The van der Waals surface area contributed by atoms with Gasteiger partial charge in [0, 0.05) is 0 Å². The molecule has 1 saturated heterocycles. The molecule has 3 nitrogen and oxygen atoms in total. The minimum atomic E-state index is -1.63. The van der Waals surface area contributed by atoms with Gasteiger partial charge in [0.2, 0.25) is 0 Å². The molecular formula is C6H10O3S. The zero-order valence-electron chi connectivity index (χ0n) is 5.58. The Balaban J connectivity index is 1.93. The van der Waals surface area contributed by atoms with Crippen LogP contribution < -0.4 is 0 Å². The van der Waals surface area contributed by atoms with Crippen molar-refractivity contribution in [3.63, 3.8) is 0 Å². The molecule has 0 spiro atoms. The number of rotatable bonds is 3. The van der Waals surface area contributed by atoms with Crippen LogP contribution in [0.3, 0.4) is 0 Å². The summed E-state index contributed by atoms with van der Waals surface area (Å²) in [5, 5.41) is 0. The number of epoxide rings is 1. The van der Waals surface area contributed by atoms with E-state index in [9.17, 15) is 4.21 Å². The first-order valence-electron chi connectivity index (χ1n) is 3.45. The third-order valence-electron chi connectivity index (χ3n) is 2.18. The predicted octanol–water partition coefficient (Wildman–Crippen LogP) is 0.530. The monoisotopic (exact) mass is 162 g/mol. The molecule has 0 aromatic heterocycles. The van der Waals surface area contributed by atoms with Crippen LogP contribution in [0.4, 0.5) is 0 Å². The van der Waals surface area contributed by atoms with Crippen LogP contribution in [0.25, 0.3) is 0 Å². The van der Waals surface area contributed by atoms with Gasteiger partial charge >= 0.3 is 0 Å². The third-order valence-corrected chi connectivity index (χ3v) is 3.50. The van der Waals surface area contributed by atoms with Gasteiger partial charge in [0.1, 0.15) is 0 Å². The molecule has 2 atom stereocenters. The van der Waals surface area contributed by atoms with Gasteiger partial charge in [0.05, 0.1) is 17.5 Å². The summed E-state index contributed by atoms with van der Waals surface area (Å²) in [6, 6.07) is 0. The Morgan fingerprint density at radius 3 is 2.60 bits per heavy atom. The lowest BCUT2D eigenvalue weighted by atomic mass is 10.2. The highest BCUT2D eigenvalue weighted by molar-refractivity contribution is 7.81. The van der Waals surface area contributed by atoms with Gasteiger partial charge in [-0.3, -0.25) is 0 Å². The summed E-state index contributed by atoms with van der Waals surface area (Å²) in [5.74, 6) is 0. The van der Waals surface area contributed by atoms with Crippen LogP contribution in [0.2, 0.25) is 0 Å². The summed E-state index contributed by atoms with van der Waals surface area (Å²) >= 11 is -1.63. The van der Waals surface area contributed by atoms with Crippen molar-refractivity contribution in [3.05, 3.63) is 0 Å². The van der Waals surface area contributed by atoms with E-state index >= 15 is 0 Å². The fourth-order valence-corrected chi connectivity index (χ4v) is 1.97. The second-order valence-corrected chi connectivity index (χ2v) is 4.46. The Morgan fingerprint density at radius 1 is 1.70 bits per heavy atom. The molecule has 1 aliphatic carbocycles. The van der Waals surface area contributed by atoms with E-state index in [1.807, 2.05) is 0 Å². The fourth-order valence-electron chi connectivity index (χ4n) is 1.19. The molecule has 1 saturated carbocycles. The first-order valence-corrected chi connectivity index (χ1v) is 4.56. The lowest BCUT2D eigenvalue weighted by Crippen LogP contribution is -2.18. The summed E-state index contributed by atoms with van der Waals surface area (Å²) in [5.41, 5.74) is 0. The summed E-state index contributed by atoms with van der Waals surface area (Å²) in [7, 11) is 0. The molecule has 0 aromatic carbocycles. The molecule has 0 amide bonds. The van der Waals surface area contributed by atoms with Crippen molar-refractivity contribution in [2.75, 3.05) is 6.61 Å². The van der Waals surface area contributed by atoms with Gasteiger partial charge in [0.15, 0.2) is 11.1 Å². The number of hydrogen-bond donors (Lipinski definition) is 1. The highest BCUT2D eigenvalue weighted by Gasteiger charge is 2.52. The predicted molar refractivity (Wildman–Crippen MR) is 37.1 cm³/mol. The molecule has 0 bridgehead atoms. The van der Waals surface area contributed by atoms with Crippen molar-refractivity contribution in [3.8, 4) is 0 Å². The van der Waals surface area contributed by atoms with Crippen molar-refractivity contribution in [2.24, 2.45) is 0 Å². The van der Waals surface area contributed by atoms with Crippen molar-refractivity contribution in [1.29, 1.82) is 0 Å². The maximum atomic E-state index is 10.7. The van der Waals surface area contributed by atoms with Crippen LogP contribution in [0, 0.1) is 0 Å². The molecule has 2 rings (SSSR count). The molecule has 10 heavy (non-hydrogen) atoms. The zero-order valence-corrected chi connectivity index (χ0v) is 6.39. The Bertz CT molecular complexity index is 172. The minimum absolute atomic E-state index is 0.263. The van der Waals surface area contributed by atoms with Crippen molar-refractivity contribution < 1.29 is 13.5 Å². The average molecular weight is 162 g/mol. The second kappa shape index (κ2) is 2.03. The summed E-state index contributed by atoms with van der Waals surface area (Å²) in [6.45, 7) is 0.791. The van der Waals surface area contributed by atoms with E-state index in [1.54, 1.807) is 0 Å². The van der Waals surface area contributed by atoms with Crippen LogP contribution in [-0.2, 0) is 15.8 Å². The third kappa shape index (κ3) is 1.11. The SMILES string of the molecule is O=S(O)C1(C[C@H]2CO2)CC1. The van der Waals surface area contributed by atoms with Gasteiger partial charge in [-0.15, -0.1) is 0 Å². The summed E-state index contributed by atoms with van der Waals surface area (Å²) in [4.78, 5) is 0. The molecule has 4 heteroatoms. The van der Waals surface area contributed by atoms with E-state index < -0.39 is 11.1 Å².